The van der Waals surface area contributed by atoms with Gasteiger partial charge in [0.15, 0.2) is 0 Å². The highest BCUT2D eigenvalue weighted by Gasteiger charge is 2.28. The number of halogens is 2. The predicted molar refractivity (Wildman–Crippen MR) is 142 cm³/mol. The van der Waals surface area contributed by atoms with E-state index in [1.54, 1.807) is 0 Å². The third kappa shape index (κ3) is 6.62. The lowest BCUT2D eigenvalue weighted by Crippen LogP contribution is -2.45. The van der Waals surface area contributed by atoms with Gasteiger partial charge in [0.25, 0.3) is 11.6 Å². The molecule has 0 unspecified atom stereocenters. The van der Waals surface area contributed by atoms with Crippen molar-refractivity contribution in [1.82, 2.24) is 19.4 Å². The molecule has 0 spiro atoms. The van der Waals surface area contributed by atoms with E-state index in [9.17, 15) is 19.3 Å². The molecule has 0 aliphatic carbocycles. The van der Waals surface area contributed by atoms with Crippen LogP contribution in [0.1, 0.15) is 23.2 Å². The number of hydrogen-bond donors (Lipinski definition) is 1. The molecule has 1 amide bonds. The SMILES string of the molecule is C[Si](C)(C)CCOCn1ccc2c(N[C@@H]3CCCN(C(=O)c4cc([N+](=O)[O-])ccc4F)C3)nc(Cl)nc21. The molecule has 2 aromatic heterocycles. The Hall–Kier alpha value is -3.09. The van der Waals surface area contributed by atoms with E-state index in [1.807, 2.05) is 16.8 Å². The number of nitrogens with zero attached hydrogens (tertiary/aromatic N) is 5. The molecule has 3 aromatic rings. The minimum atomic E-state index is -1.19. The second-order valence-electron chi connectivity index (χ2n) is 10.4. The van der Waals surface area contributed by atoms with Gasteiger partial charge in [-0.25, -0.2) is 9.37 Å². The van der Waals surface area contributed by atoms with Crippen LogP contribution in [-0.4, -0.2) is 64.1 Å². The van der Waals surface area contributed by atoms with E-state index in [1.165, 1.54) is 4.90 Å². The Morgan fingerprint density at radius 2 is 2.11 bits per heavy atom. The molecule has 1 aromatic carbocycles. The van der Waals surface area contributed by atoms with Crippen LogP contribution >= 0.6 is 11.6 Å². The monoisotopic (exact) mass is 548 g/mol. The fourth-order valence-corrected chi connectivity index (χ4v) is 5.15. The Bertz CT molecular complexity index is 1310. The van der Waals surface area contributed by atoms with Crippen molar-refractivity contribution in [3.8, 4) is 0 Å². The fourth-order valence-electron chi connectivity index (χ4n) is 4.23. The number of nitro groups is 1. The Morgan fingerprint density at radius 1 is 1.32 bits per heavy atom. The van der Waals surface area contributed by atoms with E-state index >= 15 is 0 Å². The van der Waals surface area contributed by atoms with Gasteiger partial charge in [-0.15, -0.1) is 0 Å². The van der Waals surface area contributed by atoms with E-state index in [2.05, 4.69) is 34.9 Å². The van der Waals surface area contributed by atoms with Crippen LogP contribution in [0.4, 0.5) is 15.9 Å². The number of non-ortho nitro benzene ring substituents is 1. The van der Waals surface area contributed by atoms with Crippen LogP contribution in [0.2, 0.25) is 31.0 Å². The molecule has 0 bridgehead atoms. The Labute approximate surface area is 219 Å². The summed E-state index contributed by atoms with van der Waals surface area (Å²) in [5.41, 5.74) is -0.00476. The van der Waals surface area contributed by atoms with Gasteiger partial charge in [-0.2, -0.15) is 4.98 Å². The normalized spacial score (nSPS) is 16.2. The first-order chi connectivity index (χ1) is 17.5. The molecule has 1 aliphatic heterocycles. The standard InChI is InChI=1S/C24H30ClFN6O4Si/c1-37(2,3)12-11-36-15-31-10-8-18-21(28-24(25)29-22(18)31)27-16-5-4-9-30(14-16)23(33)19-13-17(32(34)35)6-7-20(19)26/h6-8,10,13,16H,4-5,9,11-12,14-15H2,1-3H3,(H,27,28,29)/t16-/m1/s1. The smallest absolute Gasteiger partial charge is 0.270 e. The van der Waals surface area contributed by atoms with Crippen molar-refractivity contribution in [2.24, 2.45) is 0 Å². The zero-order valence-corrected chi connectivity index (χ0v) is 22.8. The predicted octanol–water partition coefficient (Wildman–Crippen LogP) is 5.16. The average molecular weight is 549 g/mol. The van der Waals surface area contributed by atoms with Gasteiger partial charge in [0.05, 0.1) is 15.9 Å². The maximum absolute atomic E-state index is 14.3. The number of aromatic nitrogens is 3. The second-order valence-corrected chi connectivity index (χ2v) is 16.3. The molecule has 4 rings (SSSR count). The summed E-state index contributed by atoms with van der Waals surface area (Å²) >= 11 is 6.24. The fraction of sp³-hybridized carbons (Fsp3) is 0.458. The number of rotatable bonds is 9. The molecule has 0 saturated carbocycles. The second kappa shape index (κ2) is 11.1. The van der Waals surface area contributed by atoms with Crippen molar-refractivity contribution in [2.75, 3.05) is 25.0 Å². The van der Waals surface area contributed by atoms with E-state index in [0.717, 1.165) is 36.1 Å². The van der Waals surface area contributed by atoms with E-state index in [4.69, 9.17) is 16.3 Å². The summed E-state index contributed by atoms with van der Waals surface area (Å²) in [5.74, 6) is -0.833. The first kappa shape index (κ1) is 27.0. The summed E-state index contributed by atoms with van der Waals surface area (Å²) in [7, 11) is -1.19. The Kier molecular flexibility index (Phi) is 8.10. The molecule has 1 N–H and O–H groups in total. The van der Waals surface area contributed by atoms with Crippen molar-refractivity contribution in [2.45, 2.75) is 51.3 Å². The number of likely N-dealkylation sites (tertiary alicyclic amines) is 1. The summed E-state index contributed by atoms with van der Waals surface area (Å²) < 4.78 is 22.1. The molecule has 3 heterocycles. The number of nitrogens with one attached hydrogen (secondary N) is 1. The van der Waals surface area contributed by atoms with Gasteiger partial charge in [-0.1, -0.05) is 19.6 Å². The van der Waals surface area contributed by atoms with E-state index < -0.39 is 24.7 Å². The minimum Gasteiger partial charge on any atom is -0.365 e. The number of benzene rings is 1. The number of fused-ring (bicyclic) bond motifs is 1. The number of hydrogen-bond acceptors (Lipinski definition) is 7. The average Bonchev–Trinajstić information content (AvgIpc) is 3.24. The zero-order chi connectivity index (χ0) is 26.7. The molecule has 13 heteroatoms. The van der Waals surface area contributed by atoms with Crippen molar-refractivity contribution >= 4 is 48.1 Å². The maximum Gasteiger partial charge on any atom is 0.270 e. The largest absolute Gasteiger partial charge is 0.365 e. The minimum absolute atomic E-state index is 0.0828. The van der Waals surface area contributed by atoms with Gasteiger partial charge in [-0.05, 0) is 42.6 Å². The van der Waals surface area contributed by atoms with Crippen molar-refractivity contribution in [3.63, 3.8) is 0 Å². The lowest BCUT2D eigenvalue weighted by molar-refractivity contribution is -0.384. The third-order valence-electron chi connectivity index (χ3n) is 6.26. The molecule has 1 saturated heterocycles. The molecule has 1 atom stereocenters. The van der Waals surface area contributed by atoms with Crippen LogP contribution in [0.15, 0.2) is 30.5 Å². The molecule has 0 radical (unpaired) electrons. The molecule has 1 aliphatic rings. The number of carbonyl (C=O) groups is 1. The van der Waals surface area contributed by atoms with Crippen LogP contribution < -0.4 is 5.32 Å². The highest BCUT2D eigenvalue weighted by Crippen LogP contribution is 2.27. The van der Waals surface area contributed by atoms with E-state index in [-0.39, 0.29) is 29.1 Å². The summed E-state index contributed by atoms with van der Waals surface area (Å²) in [6.07, 6.45) is 3.30. The van der Waals surface area contributed by atoms with Gasteiger partial charge in [0, 0.05) is 52.1 Å². The Balaban J connectivity index is 1.47. The summed E-state index contributed by atoms with van der Waals surface area (Å²) in [4.78, 5) is 33.7. The number of ether oxygens (including phenoxy) is 1. The quantitative estimate of drug-likeness (QED) is 0.129. The summed E-state index contributed by atoms with van der Waals surface area (Å²) in [6.45, 7) is 8.62. The molecular formula is C24H30ClFN6O4Si. The third-order valence-corrected chi connectivity index (χ3v) is 8.13. The van der Waals surface area contributed by atoms with E-state index in [0.29, 0.717) is 37.8 Å². The molecule has 1 fully saturated rings. The molecular weight excluding hydrogens is 519 g/mol. The maximum atomic E-state index is 14.3. The van der Waals surface area contributed by atoms with Gasteiger partial charge >= 0.3 is 0 Å². The number of piperidine rings is 1. The van der Waals surface area contributed by atoms with Gasteiger partial charge in [0.1, 0.15) is 24.0 Å². The van der Waals surface area contributed by atoms with Crippen LogP contribution in [0.3, 0.4) is 0 Å². The lowest BCUT2D eigenvalue weighted by Gasteiger charge is -2.33. The highest BCUT2D eigenvalue weighted by molar-refractivity contribution is 6.76. The van der Waals surface area contributed by atoms with Crippen molar-refractivity contribution < 1.29 is 18.8 Å². The van der Waals surface area contributed by atoms with Crippen LogP contribution in [-0.2, 0) is 11.5 Å². The summed E-state index contributed by atoms with van der Waals surface area (Å²) in [5, 5.41) is 15.3. The number of amides is 1. The molecule has 37 heavy (non-hydrogen) atoms. The van der Waals surface area contributed by atoms with Crippen LogP contribution in [0.5, 0.6) is 0 Å². The van der Waals surface area contributed by atoms with Crippen LogP contribution in [0, 0.1) is 15.9 Å². The topological polar surface area (TPSA) is 115 Å². The van der Waals surface area contributed by atoms with Crippen molar-refractivity contribution in [3.05, 3.63) is 57.2 Å². The van der Waals surface area contributed by atoms with Gasteiger partial charge in [0.2, 0.25) is 5.28 Å². The number of carbonyl (C=O) groups excluding carboxylic acids is 1. The van der Waals surface area contributed by atoms with Gasteiger partial charge < -0.3 is 19.5 Å². The number of anilines is 1. The first-order valence-corrected chi connectivity index (χ1v) is 16.2. The van der Waals surface area contributed by atoms with Gasteiger partial charge in [-0.3, -0.25) is 14.9 Å². The number of nitro benzene ring substituents is 1. The lowest BCUT2D eigenvalue weighted by atomic mass is 10.0. The highest BCUT2D eigenvalue weighted by atomic mass is 35.5. The first-order valence-electron chi connectivity index (χ1n) is 12.1. The molecule has 198 valence electrons. The van der Waals surface area contributed by atoms with Crippen molar-refractivity contribution in [1.29, 1.82) is 0 Å². The zero-order valence-electron chi connectivity index (χ0n) is 21.0. The molecule has 10 nitrogen and oxygen atoms in total. The Morgan fingerprint density at radius 3 is 2.84 bits per heavy atom. The van der Waals surface area contributed by atoms with Crippen LogP contribution in [0.25, 0.3) is 11.0 Å². The summed E-state index contributed by atoms with van der Waals surface area (Å²) in [6, 6.07) is 5.75.